The van der Waals surface area contributed by atoms with Gasteiger partial charge in [0.25, 0.3) is 5.91 Å². The minimum absolute atomic E-state index is 0.120. The number of aromatic carboxylic acids is 1. The number of amidine groups is 1. The summed E-state index contributed by atoms with van der Waals surface area (Å²) in [6, 6.07) is 19.1. The van der Waals surface area contributed by atoms with Gasteiger partial charge in [0.2, 0.25) is 0 Å². The molecule has 0 radical (unpaired) electrons. The van der Waals surface area contributed by atoms with Gasteiger partial charge in [-0.1, -0.05) is 40.2 Å². The molecule has 0 unspecified atom stereocenters. The van der Waals surface area contributed by atoms with E-state index in [0.29, 0.717) is 49.4 Å². The van der Waals surface area contributed by atoms with Crippen molar-refractivity contribution in [2.24, 2.45) is 4.99 Å². The largest absolute Gasteiger partial charge is 0.493 e. The maximum Gasteiger partial charge on any atom is 0.335 e. The number of nitrogens with zero attached hydrogens (tertiary/aromatic N) is 3. The van der Waals surface area contributed by atoms with Crippen molar-refractivity contribution in [1.29, 1.82) is 5.26 Å². The lowest BCUT2D eigenvalue weighted by atomic mass is 10.1. The Bertz CT molecular complexity index is 1510. The fourth-order valence-corrected chi connectivity index (χ4v) is 5.17. The van der Waals surface area contributed by atoms with Gasteiger partial charge in [-0.3, -0.25) is 9.69 Å². The van der Waals surface area contributed by atoms with Gasteiger partial charge >= 0.3 is 5.97 Å². The summed E-state index contributed by atoms with van der Waals surface area (Å²) in [5.41, 5.74) is 2.56. The van der Waals surface area contributed by atoms with Gasteiger partial charge in [-0.15, -0.1) is 0 Å². The number of benzene rings is 3. The van der Waals surface area contributed by atoms with Crippen molar-refractivity contribution in [3.8, 4) is 17.6 Å². The van der Waals surface area contributed by atoms with Crippen LogP contribution in [0.2, 0.25) is 0 Å². The van der Waals surface area contributed by atoms with Crippen LogP contribution in [0.1, 0.15) is 34.0 Å². The Labute approximate surface area is 232 Å². The summed E-state index contributed by atoms with van der Waals surface area (Å²) in [5, 5.41) is 19.0. The minimum atomic E-state index is -1.05. The number of hydrogen-bond acceptors (Lipinski definition) is 7. The molecule has 0 aromatic heterocycles. The van der Waals surface area contributed by atoms with E-state index >= 15 is 0 Å². The van der Waals surface area contributed by atoms with Crippen molar-refractivity contribution in [3.05, 3.63) is 92.3 Å². The van der Waals surface area contributed by atoms with Crippen LogP contribution >= 0.6 is 27.7 Å². The summed E-state index contributed by atoms with van der Waals surface area (Å²) in [6.07, 6.45) is 1.74. The molecular formula is C28H22BrN3O5S. The molecule has 1 heterocycles. The van der Waals surface area contributed by atoms with Crippen LogP contribution in [0.25, 0.3) is 6.08 Å². The second-order valence-electron chi connectivity index (χ2n) is 7.99. The molecule has 0 aliphatic carbocycles. The van der Waals surface area contributed by atoms with Crippen molar-refractivity contribution in [3.63, 3.8) is 0 Å². The predicted molar refractivity (Wildman–Crippen MR) is 150 cm³/mol. The lowest BCUT2D eigenvalue weighted by molar-refractivity contribution is -0.122. The number of nitriles is 1. The minimum Gasteiger partial charge on any atom is -0.493 e. The van der Waals surface area contributed by atoms with E-state index in [-0.39, 0.29) is 18.1 Å². The second kappa shape index (κ2) is 12.0. The van der Waals surface area contributed by atoms with Gasteiger partial charge in [-0.05, 0) is 66.7 Å². The fraction of sp³-hybridized carbons (Fsp3) is 0.143. The highest BCUT2D eigenvalue weighted by atomic mass is 79.9. The fourth-order valence-electron chi connectivity index (χ4n) is 3.67. The number of carboxylic acids is 1. The Kier molecular flexibility index (Phi) is 8.51. The zero-order valence-corrected chi connectivity index (χ0v) is 22.9. The molecule has 10 heteroatoms. The first-order valence-corrected chi connectivity index (χ1v) is 13.1. The van der Waals surface area contributed by atoms with E-state index in [1.807, 2.05) is 19.1 Å². The molecule has 1 aliphatic heterocycles. The summed E-state index contributed by atoms with van der Waals surface area (Å²) >= 11 is 4.77. The van der Waals surface area contributed by atoms with Crippen molar-refractivity contribution in [2.45, 2.75) is 13.5 Å². The molecule has 1 amide bonds. The molecule has 1 N–H and O–H groups in total. The van der Waals surface area contributed by atoms with Gasteiger partial charge in [-0.25, -0.2) is 9.79 Å². The number of likely N-dealkylation sites (N-methyl/N-ethyl adjacent to an activating group) is 1. The van der Waals surface area contributed by atoms with Crippen molar-refractivity contribution < 1.29 is 24.2 Å². The Morgan fingerprint density at radius 1 is 1.18 bits per heavy atom. The zero-order valence-electron chi connectivity index (χ0n) is 20.5. The maximum atomic E-state index is 13.1. The molecule has 38 heavy (non-hydrogen) atoms. The van der Waals surface area contributed by atoms with E-state index < -0.39 is 5.97 Å². The maximum absolute atomic E-state index is 13.1. The molecule has 0 saturated carbocycles. The normalized spacial score (nSPS) is 15.1. The average molecular weight is 592 g/mol. The van der Waals surface area contributed by atoms with Gasteiger partial charge in [0.15, 0.2) is 16.7 Å². The summed E-state index contributed by atoms with van der Waals surface area (Å²) in [6.45, 7) is 2.44. The van der Waals surface area contributed by atoms with E-state index in [0.717, 1.165) is 5.56 Å². The van der Waals surface area contributed by atoms with E-state index in [1.165, 1.54) is 31.0 Å². The number of carboxylic acid groups (broad SMARTS) is 1. The van der Waals surface area contributed by atoms with Crippen LogP contribution < -0.4 is 9.47 Å². The number of carbonyl (C=O) groups is 2. The van der Waals surface area contributed by atoms with Gasteiger partial charge in [0.05, 0.1) is 34.9 Å². The van der Waals surface area contributed by atoms with Crippen LogP contribution in [0.3, 0.4) is 0 Å². The Morgan fingerprint density at radius 3 is 2.68 bits per heavy atom. The third kappa shape index (κ3) is 5.90. The molecular weight excluding hydrogens is 570 g/mol. The number of ether oxygens (including phenoxy) is 2. The third-order valence-corrected chi connectivity index (χ3v) is 7.31. The molecule has 1 aliphatic rings. The summed E-state index contributed by atoms with van der Waals surface area (Å²) in [4.78, 5) is 31.0. The predicted octanol–water partition coefficient (Wildman–Crippen LogP) is 6.23. The second-order valence-corrected chi connectivity index (χ2v) is 9.86. The highest BCUT2D eigenvalue weighted by Crippen LogP contribution is 2.39. The molecule has 0 bridgehead atoms. The topological polar surface area (TPSA) is 112 Å². The van der Waals surface area contributed by atoms with Gasteiger partial charge in [0, 0.05) is 16.6 Å². The standard InChI is InChI=1S/C28H22BrN3O5S/c1-3-32-26(33)25(38-28(32)31-21-10-6-9-17(11-21)27(34)35)13-20-12-23(36-2)24(14-22(20)29)37-16-19-8-5-4-7-18(19)15-30/h4-14H,3,16H2,1-2H3,(H,34,35)/b25-13-,31-28?. The number of hydrogen-bond donors (Lipinski definition) is 1. The Balaban J connectivity index is 1.61. The number of aliphatic imine (C=N–C) groups is 1. The number of methoxy groups -OCH3 is 1. The number of amides is 1. The molecule has 4 rings (SSSR count). The number of halogens is 1. The van der Waals surface area contributed by atoms with Crippen LogP contribution in [0, 0.1) is 11.3 Å². The van der Waals surface area contributed by atoms with Crippen LogP contribution in [-0.4, -0.2) is 40.7 Å². The van der Waals surface area contributed by atoms with E-state index in [9.17, 15) is 20.0 Å². The third-order valence-electron chi connectivity index (χ3n) is 5.61. The Hall–Kier alpha value is -4.07. The molecule has 0 atom stereocenters. The summed E-state index contributed by atoms with van der Waals surface area (Å²) in [7, 11) is 1.53. The van der Waals surface area contributed by atoms with Crippen LogP contribution in [0.5, 0.6) is 11.5 Å². The SMILES string of the molecule is CCN1C(=O)/C(=C/c2cc(OC)c(OCc3ccccc3C#N)cc2Br)SC1=Nc1cccc(C(=O)O)c1. The van der Waals surface area contributed by atoms with Gasteiger partial charge < -0.3 is 14.6 Å². The van der Waals surface area contributed by atoms with Crippen molar-refractivity contribution in [1.82, 2.24) is 4.90 Å². The van der Waals surface area contributed by atoms with Crippen molar-refractivity contribution in [2.75, 3.05) is 13.7 Å². The highest BCUT2D eigenvalue weighted by Gasteiger charge is 2.32. The molecule has 0 spiro atoms. The van der Waals surface area contributed by atoms with Gasteiger partial charge in [0.1, 0.15) is 6.61 Å². The van der Waals surface area contributed by atoms with Crippen LogP contribution in [0.15, 0.2) is 75.0 Å². The first kappa shape index (κ1) is 27.0. The average Bonchev–Trinajstić information content (AvgIpc) is 3.21. The first-order valence-electron chi connectivity index (χ1n) is 11.5. The molecule has 8 nitrogen and oxygen atoms in total. The number of thioether (sulfide) groups is 1. The molecule has 3 aromatic carbocycles. The molecule has 1 saturated heterocycles. The number of rotatable bonds is 8. The smallest absolute Gasteiger partial charge is 0.335 e. The van der Waals surface area contributed by atoms with Crippen LogP contribution in [0.4, 0.5) is 5.69 Å². The lowest BCUT2D eigenvalue weighted by Crippen LogP contribution is -2.28. The first-order chi connectivity index (χ1) is 18.3. The van der Waals surface area contributed by atoms with Crippen molar-refractivity contribution >= 4 is 56.5 Å². The molecule has 3 aromatic rings. The summed E-state index contributed by atoms with van der Waals surface area (Å²) < 4.78 is 12.2. The quantitative estimate of drug-likeness (QED) is 0.309. The monoisotopic (exact) mass is 591 g/mol. The Morgan fingerprint density at radius 2 is 1.97 bits per heavy atom. The highest BCUT2D eigenvalue weighted by molar-refractivity contribution is 9.10. The van der Waals surface area contributed by atoms with E-state index in [4.69, 9.17) is 9.47 Å². The lowest BCUT2D eigenvalue weighted by Gasteiger charge is -2.14. The zero-order chi connectivity index (χ0) is 27.2. The molecule has 192 valence electrons. The number of carbonyl (C=O) groups excluding carboxylic acids is 1. The van der Waals surface area contributed by atoms with Gasteiger partial charge in [-0.2, -0.15) is 5.26 Å². The van der Waals surface area contributed by atoms with E-state index in [2.05, 4.69) is 27.0 Å². The van der Waals surface area contributed by atoms with Crippen LogP contribution in [-0.2, 0) is 11.4 Å². The summed E-state index contributed by atoms with van der Waals surface area (Å²) in [5.74, 6) is -0.298. The van der Waals surface area contributed by atoms with E-state index in [1.54, 1.807) is 47.4 Å². The molecule has 1 fully saturated rings.